The molecule has 2 aromatic carbocycles. The van der Waals surface area contributed by atoms with Gasteiger partial charge in [-0.3, -0.25) is 4.79 Å². The van der Waals surface area contributed by atoms with Gasteiger partial charge in [0.15, 0.2) is 0 Å². The Morgan fingerprint density at radius 2 is 1.89 bits per heavy atom. The lowest BCUT2D eigenvalue weighted by atomic mass is 10.3. The highest BCUT2D eigenvalue weighted by Crippen LogP contribution is 2.27. The van der Waals surface area contributed by atoms with Gasteiger partial charge in [-0.05, 0) is 50.2 Å². The Bertz CT molecular complexity index is 954. The second-order valence-corrected chi connectivity index (χ2v) is 8.01. The van der Waals surface area contributed by atoms with E-state index in [4.69, 9.17) is 27.9 Å². The fourth-order valence-electron chi connectivity index (χ4n) is 2.10. The van der Waals surface area contributed by atoms with E-state index in [-0.39, 0.29) is 20.6 Å². The first-order chi connectivity index (χ1) is 12.6. The number of carbonyl (C=O) groups excluding carboxylic acids is 1. The van der Waals surface area contributed by atoms with Gasteiger partial charge in [-0.25, -0.2) is 12.8 Å². The van der Waals surface area contributed by atoms with E-state index in [1.54, 1.807) is 6.92 Å². The van der Waals surface area contributed by atoms with Crippen LogP contribution in [0.4, 0.5) is 10.1 Å². The second kappa shape index (κ2) is 8.88. The van der Waals surface area contributed by atoms with Gasteiger partial charge in [0.05, 0.1) is 27.6 Å². The number of amides is 1. The molecule has 0 saturated heterocycles. The summed E-state index contributed by atoms with van der Waals surface area (Å²) in [7, 11) is -4.00. The Morgan fingerprint density at radius 1 is 1.19 bits per heavy atom. The van der Waals surface area contributed by atoms with Gasteiger partial charge in [-0.1, -0.05) is 23.2 Å². The minimum Gasteiger partial charge on any atom is -0.492 e. The quantitative estimate of drug-likeness (QED) is 0.693. The van der Waals surface area contributed by atoms with Gasteiger partial charge >= 0.3 is 0 Å². The van der Waals surface area contributed by atoms with Crippen molar-refractivity contribution in [1.82, 2.24) is 4.72 Å². The van der Waals surface area contributed by atoms with Gasteiger partial charge in [0.25, 0.3) is 0 Å². The fraction of sp³-hybridized carbons (Fsp3) is 0.235. The number of carbonyl (C=O) groups is 1. The Labute approximate surface area is 166 Å². The molecule has 0 spiro atoms. The molecule has 0 aliphatic rings. The van der Waals surface area contributed by atoms with Crippen LogP contribution in [0.15, 0.2) is 41.3 Å². The van der Waals surface area contributed by atoms with E-state index in [9.17, 15) is 17.6 Å². The molecule has 0 saturated carbocycles. The Morgan fingerprint density at radius 3 is 2.48 bits per heavy atom. The monoisotopic (exact) mass is 434 g/mol. The van der Waals surface area contributed by atoms with Crippen molar-refractivity contribution in [1.29, 1.82) is 0 Å². The molecular weight excluding hydrogens is 418 g/mol. The number of rotatable bonds is 7. The standard InChI is InChI=1S/C17H17Cl2FN2O4S/c1-3-26-16-7-5-12(9-14(16)19)27(24,25)22-10(2)17(23)21-11-4-6-15(20)13(18)8-11/h4-10,22H,3H2,1-2H3,(H,21,23)/t10-/m1/s1. The third kappa shape index (κ3) is 5.55. The molecule has 1 atom stereocenters. The van der Waals surface area contributed by atoms with E-state index in [1.807, 2.05) is 0 Å². The highest BCUT2D eigenvalue weighted by molar-refractivity contribution is 7.89. The maximum absolute atomic E-state index is 13.2. The van der Waals surface area contributed by atoms with Crippen LogP contribution in [0.5, 0.6) is 5.75 Å². The Balaban J connectivity index is 2.10. The Kier molecular flexibility index (Phi) is 7.05. The van der Waals surface area contributed by atoms with Crippen molar-refractivity contribution in [3.05, 3.63) is 52.3 Å². The van der Waals surface area contributed by atoms with Crippen LogP contribution in [0, 0.1) is 5.82 Å². The average Bonchev–Trinajstić information content (AvgIpc) is 2.59. The van der Waals surface area contributed by atoms with Crippen molar-refractivity contribution < 1.29 is 22.3 Å². The third-order valence-corrected chi connectivity index (χ3v) is 5.55. The molecule has 0 bridgehead atoms. The lowest BCUT2D eigenvalue weighted by Gasteiger charge is -2.15. The number of halogens is 3. The molecular formula is C17H17Cl2FN2O4S. The predicted octanol–water partition coefficient (Wildman–Crippen LogP) is 3.84. The predicted molar refractivity (Wildman–Crippen MR) is 102 cm³/mol. The Hall–Kier alpha value is -1.87. The van der Waals surface area contributed by atoms with Gasteiger partial charge < -0.3 is 10.1 Å². The topological polar surface area (TPSA) is 84.5 Å². The van der Waals surface area contributed by atoms with Gasteiger partial charge in [0, 0.05) is 5.69 Å². The maximum atomic E-state index is 13.2. The van der Waals surface area contributed by atoms with E-state index >= 15 is 0 Å². The van der Waals surface area contributed by atoms with E-state index in [2.05, 4.69) is 10.0 Å². The average molecular weight is 435 g/mol. The SMILES string of the molecule is CCOc1ccc(S(=O)(=O)N[C@H](C)C(=O)Nc2ccc(F)c(Cl)c2)cc1Cl. The molecule has 0 aliphatic carbocycles. The number of benzene rings is 2. The van der Waals surface area contributed by atoms with Crippen molar-refractivity contribution >= 4 is 44.8 Å². The molecule has 10 heteroatoms. The molecule has 6 nitrogen and oxygen atoms in total. The molecule has 27 heavy (non-hydrogen) atoms. The first kappa shape index (κ1) is 21.4. The van der Waals surface area contributed by atoms with Crippen LogP contribution in [-0.4, -0.2) is 27.0 Å². The van der Waals surface area contributed by atoms with Crippen molar-refractivity contribution in [3.8, 4) is 5.75 Å². The van der Waals surface area contributed by atoms with Crippen LogP contribution < -0.4 is 14.8 Å². The molecule has 0 aliphatic heterocycles. The third-order valence-electron chi connectivity index (χ3n) is 3.43. The van der Waals surface area contributed by atoms with Crippen LogP contribution in [0.25, 0.3) is 0 Å². The van der Waals surface area contributed by atoms with Crippen LogP contribution in [0.3, 0.4) is 0 Å². The molecule has 146 valence electrons. The van der Waals surface area contributed by atoms with Crippen LogP contribution in [0.1, 0.15) is 13.8 Å². The number of sulfonamides is 1. The first-order valence-corrected chi connectivity index (χ1v) is 10.1. The summed E-state index contributed by atoms with van der Waals surface area (Å²) >= 11 is 11.7. The van der Waals surface area contributed by atoms with E-state index in [1.165, 1.54) is 37.3 Å². The summed E-state index contributed by atoms with van der Waals surface area (Å²) in [6, 6.07) is 6.52. The molecule has 2 rings (SSSR count). The molecule has 0 unspecified atom stereocenters. The van der Waals surface area contributed by atoms with E-state index in [0.717, 1.165) is 6.07 Å². The van der Waals surface area contributed by atoms with Crippen molar-refractivity contribution in [2.45, 2.75) is 24.8 Å². The zero-order valence-corrected chi connectivity index (χ0v) is 16.8. The molecule has 1 amide bonds. The minimum absolute atomic E-state index is 0.111. The summed E-state index contributed by atoms with van der Waals surface area (Å²) in [4.78, 5) is 12.1. The van der Waals surface area contributed by atoms with Gasteiger partial charge in [0.2, 0.25) is 15.9 Å². The van der Waals surface area contributed by atoms with Crippen molar-refractivity contribution in [2.75, 3.05) is 11.9 Å². The van der Waals surface area contributed by atoms with E-state index < -0.39 is 27.8 Å². The number of nitrogens with one attached hydrogen (secondary N) is 2. The van der Waals surface area contributed by atoms with Crippen LogP contribution in [0.2, 0.25) is 10.0 Å². The van der Waals surface area contributed by atoms with Gasteiger partial charge in [-0.15, -0.1) is 0 Å². The summed E-state index contributed by atoms with van der Waals surface area (Å²) in [5.74, 6) is -0.911. The van der Waals surface area contributed by atoms with Gasteiger partial charge in [0.1, 0.15) is 11.6 Å². The highest BCUT2D eigenvalue weighted by Gasteiger charge is 2.23. The van der Waals surface area contributed by atoms with Crippen molar-refractivity contribution in [3.63, 3.8) is 0 Å². The molecule has 2 aromatic rings. The summed E-state index contributed by atoms with van der Waals surface area (Å²) < 4.78 is 45.6. The molecule has 2 N–H and O–H groups in total. The number of hydrogen-bond donors (Lipinski definition) is 2. The maximum Gasteiger partial charge on any atom is 0.242 e. The zero-order chi connectivity index (χ0) is 20.2. The van der Waals surface area contributed by atoms with E-state index in [0.29, 0.717) is 12.4 Å². The number of hydrogen-bond acceptors (Lipinski definition) is 4. The summed E-state index contributed by atoms with van der Waals surface area (Å²) in [6.45, 7) is 3.53. The largest absolute Gasteiger partial charge is 0.492 e. The molecule has 0 aromatic heterocycles. The second-order valence-electron chi connectivity index (χ2n) is 5.49. The normalized spacial score (nSPS) is 12.5. The minimum atomic E-state index is -4.00. The summed E-state index contributed by atoms with van der Waals surface area (Å²) in [6.07, 6.45) is 0. The zero-order valence-electron chi connectivity index (χ0n) is 14.4. The lowest BCUT2D eigenvalue weighted by Crippen LogP contribution is -2.41. The highest BCUT2D eigenvalue weighted by atomic mass is 35.5. The van der Waals surface area contributed by atoms with Crippen LogP contribution in [-0.2, 0) is 14.8 Å². The number of ether oxygens (including phenoxy) is 1. The fourth-order valence-corrected chi connectivity index (χ4v) is 3.81. The lowest BCUT2D eigenvalue weighted by molar-refractivity contribution is -0.117. The number of anilines is 1. The molecule has 0 fully saturated rings. The summed E-state index contributed by atoms with van der Waals surface area (Å²) in [5.41, 5.74) is 0.238. The molecule has 0 radical (unpaired) electrons. The smallest absolute Gasteiger partial charge is 0.242 e. The van der Waals surface area contributed by atoms with Gasteiger partial charge in [-0.2, -0.15) is 4.72 Å². The van der Waals surface area contributed by atoms with Crippen molar-refractivity contribution in [2.24, 2.45) is 0 Å². The summed E-state index contributed by atoms with van der Waals surface area (Å²) in [5, 5.41) is 2.43. The molecule has 0 heterocycles. The first-order valence-electron chi connectivity index (χ1n) is 7.84. The van der Waals surface area contributed by atoms with Crippen LogP contribution >= 0.6 is 23.2 Å².